The maximum Gasteiger partial charge on any atom is 0.338 e. The standard InChI is InChI=1S/C15H13BrN2O5/c16-11-2-4-12(5-3-11)22-7-8-23-15(19)10-1-6-13(17)14(9-10)18(20)21/h1-6,9H,7-8,17H2. The average Bonchev–Trinajstić information content (AvgIpc) is 2.53. The molecule has 0 saturated carbocycles. The van der Waals surface area contributed by atoms with E-state index in [1.807, 2.05) is 12.1 Å². The summed E-state index contributed by atoms with van der Waals surface area (Å²) in [6.07, 6.45) is 0. The van der Waals surface area contributed by atoms with Gasteiger partial charge < -0.3 is 15.2 Å². The molecule has 0 aromatic heterocycles. The molecule has 23 heavy (non-hydrogen) atoms. The molecular formula is C15H13BrN2O5. The van der Waals surface area contributed by atoms with Gasteiger partial charge in [0.15, 0.2) is 0 Å². The summed E-state index contributed by atoms with van der Waals surface area (Å²) in [5.41, 5.74) is 5.20. The van der Waals surface area contributed by atoms with Gasteiger partial charge in [-0.3, -0.25) is 10.1 Å². The minimum absolute atomic E-state index is 0.00915. The molecule has 0 saturated heterocycles. The highest BCUT2D eigenvalue weighted by molar-refractivity contribution is 9.10. The normalized spacial score (nSPS) is 10.1. The Kier molecular flexibility index (Phi) is 5.53. The Morgan fingerprint density at radius 3 is 2.52 bits per heavy atom. The van der Waals surface area contributed by atoms with Gasteiger partial charge in [0.1, 0.15) is 24.7 Å². The van der Waals surface area contributed by atoms with Gasteiger partial charge in [-0.15, -0.1) is 0 Å². The summed E-state index contributed by atoms with van der Waals surface area (Å²) in [7, 11) is 0. The lowest BCUT2D eigenvalue weighted by atomic mass is 10.2. The molecule has 0 aliphatic rings. The van der Waals surface area contributed by atoms with Gasteiger partial charge in [0.2, 0.25) is 0 Å². The van der Waals surface area contributed by atoms with Crippen LogP contribution < -0.4 is 10.5 Å². The lowest BCUT2D eigenvalue weighted by Gasteiger charge is -2.08. The van der Waals surface area contributed by atoms with Crippen molar-refractivity contribution in [1.82, 2.24) is 0 Å². The molecule has 0 bridgehead atoms. The largest absolute Gasteiger partial charge is 0.490 e. The minimum atomic E-state index is -0.674. The van der Waals surface area contributed by atoms with Gasteiger partial charge in [0, 0.05) is 10.5 Å². The van der Waals surface area contributed by atoms with Crippen LogP contribution in [-0.4, -0.2) is 24.1 Å². The lowest BCUT2D eigenvalue weighted by Crippen LogP contribution is -2.12. The average molecular weight is 381 g/mol. The number of nitrogens with zero attached hydrogens (tertiary/aromatic N) is 1. The Bertz CT molecular complexity index is 718. The molecule has 0 spiro atoms. The Labute approximate surface area is 140 Å². The molecule has 0 aliphatic carbocycles. The van der Waals surface area contributed by atoms with Gasteiger partial charge in [0.05, 0.1) is 10.5 Å². The summed E-state index contributed by atoms with van der Waals surface area (Å²) < 4.78 is 11.3. The summed E-state index contributed by atoms with van der Waals surface area (Å²) in [6.45, 7) is 0.192. The van der Waals surface area contributed by atoms with E-state index in [-0.39, 0.29) is 30.2 Å². The zero-order chi connectivity index (χ0) is 16.8. The van der Waals surface area contributed by atoms with E-state index < -0.39 is 10.9 Å². The van der Waals surface area contributed by atoms with Gasteiger partial charge in [-0.05, 0) is 36.4 Å². The third-order valence-electron chi connectivity index (χ3n) is 2.86. The van der Waals surface area contributed by atoms with Crippen molar-refractivity contribution >= 4 is 33.3 Å². The second-order valence-corrected chi connectivity index (χ2v) is 5.38. The number of benzene rings is 2. The second-order valence-electron chi connectivity index (χ2n) is 4.47. The fourth-order valence-electron chi connectivity index (χ4n) is 1.74. The number of anilines is 1. The smallest absolute Gasteiger partial charge is 0.338 e. The fourth-order valence-corrected chi connectivity index (χ4v) is 2.00. The summed E-state index contributed by atoms with van der Waals surface area (Å²) in [6, 6.07) is 11.0. The van der Waals surface area contributed by atoms with Crippen LogP contribution in [0.2, 0.25) is 0 Å². The van der Waals surface area contributed by atoms with E-state index in [0.717, 1.165) is 10.5 Å². The first-order chi connectivity index (χ1) is 11.0. The van der Waals surface area contributed by atoms with Crippen LogP contribution in [0, 0.1) is 10.1 Å². The Balaban J connectivity index is 1.86. The van der Waals surface area contributed by atoms with E-state index in [9.17, 15) is 14.9 Å². The Morgan fingerprint density at radius 2 is 1.87 bits per heavy atom. The molecule has 0 aliphatic heterocycles. The van der Waals surface area contributed by atoms with E-state index in [0.29, 0.717) is 5.75 Å². The third kappa shape index (κ3) is 4.68. The first-order valence-electron chi connectivity index (χ1n) is 6.57. The third-order valence-corrected chi connectivity index (χ3v) is 3.39. The predicted molar refractivity (Wildman–Crippen MR) is 87.4 cm³/mol. The highest BCUT2D eigenvalue weighted by atomic mass is 79.9. The predicted octanol–water partition coefficient (Wildman–Crippen LogP) is 3.18. The molecule has 8 heteroatoms. The summed E-state index contributed by atoms with van der Waals surface area (Å²) in [5.74, 6) is -0.0279. The molecule has 2 aromatic rings. The number of hydrogen-bond acceptors (Lipinski definition) is 6. The number of rotatable bonds is 6. The number of halogens is 1. The summed E-state index contributed by atoms with van der Waals surface area (Å²) in [5, 5.41) is 10.8. The molecule has 120 valence electrons. The van der Waals surface area contributed by atoms with E-state index >= 15 is 0 Å². The Hall–Kier alpha value is -2.61. The van der Waals surface area contributed by atoms with E-state index in [1.54, 1.807) is 12.1 Å². The number of ether oxygens (including phenoxy) is 2. The zero-order valence-corrected chi connectivity index (χ0v) is 13.5. The molecule has 2 rings (SSSR count). The van der Waals surface area contributed by atoms with Gasteiger partial charge in [-0.1, -0.05) is 15.9 Å². The van der Waals surface area contributed by atoms with Gasteiger partial charge >= 0.3 is 5.97 Å². The lowest BCUT2D eigenvalue weighted by molar-refractivity contribution is -0.383. The van der Waals surface area contributed by atoms with Crippen molar-refractivity contribution in [3.63, 3.8) is 0 Å². The molecule has 0 atom stereocenters. The quantitative estimate of drug-likeness (QED) is 0.271. The molecule has 2 N–H and O–H groups in total. The van der Waals surface area contributed by atoms with Crippen molar-refractivity contribution in [2.24, 2.45) is 0 Å². The SMILES string of the molecule is Nc1ccc(C(=O)OCCOc2ccc(Br)cc2)cc1[N+](=O)[O-]. The number of nitro benzene ring substituents is 1. The highest BCUT2D eigenvalue weighted by Gasteiger charge is 2.16. The van der Waals surface area contributed by atoms with Crippen LogP contribution in [0.4, 0.5) is 11.4 Å². The minimum Gasteiger partial charge on any atom is -0.490 e. The molecule has 0 heterocycles. The van der Waals surface area contributed by atoms with E-state index in [1.165, 1.54) is 12.1 Å². The molecule has 2 aromatic carbocycles. The molecular weight excluding hydrogens is 368 g/mol. The highest BCUT2D eigenvalue weighted by Crippen LogP contribution is 2.22. The van der Waals surface area contributed by atoms with Crippen LogP contribution in [0.3, 0.4) is 0 Å². The van der Waals surface area contributed by atoms with Crippen molar-refractivity contribution in [2.45, 2.75) is 0 Å². The first kappa shape index (κ1) is 16.8. The fraction of sp³-hybridized carbons (Fsp3) is 0.133. The number of nitrogen functional groups attached to an aromatic ring is 1. The number of esters is 1. The van der Waals surface area contributed by atoms with Gasteiger partial charge in [-0.25, -0.2) is 4.79 Å². The van der Waals surface area contributed by atoms with Crippen molar-refractivity contribution in [3.05, 3.63) is 62.6 Å². The van der Waals surface area contributed by atoms with Gasteiger partial charge in [0.25, 0.3) is 5.69 Å². The maximum atomic E-state index is 11.8. The number of hydrogen-bond donors (Lipinski definition) is 1. The van der Waals surface area contributed by atoms with E-state index in [4.69, 9.17) is 15.2 Å². The van der Waals surface area contributed by atoms with Crippen molar-refractivity contribution in [3.8, 4) is 5.75 Å². The van der Waals surface area contributed by atoms with Gasteiger partial charge in [-0.2, -0.15) is 0 Å². The Morgan fingerprint density at radius 1 is 1.17 bits per heavy atom. The van der Waals surface area contributed by atoms with Crippen LogP contribution in [0.15, 0.2) is 46.9 Å². The first-order valence-corrected chi connectivity index (χ1v) is 7.36. The molecule has 0 radical (unpaired) electrons. The topological polar surface area (TPSA) is 105 Å². The molecule has 0 unspecified atom stereocenters. The van der Waals surface area contributed by atoms with E-state index in [2.05, 4.69) is 15.9 Å². The van der Waals surface area contributed by atoms with Crippen molar-refractivity contribution in [2.75, 3.05) is 18.9 Å². The second kappa shape index (κ2) is 7.59. The summed E-state index contributed by atoms with van der Waals surface area (Å²) >= 11 is 3.31. The number of nitro groups is 1. The van der Waals surface area contributed by atoms with Crippen molar-refractivity contribution in [1.29, 1.82) is 0 Å². The monoisotopic (exact) mass is 380 g/mol. The number of carbonyl (C=O) groups is 1. The zero-order valence-electron chi connectivity index (χ0n) is 11.9. The molecule has 0 amide bonds. The summed E-state index contributed by atoms with van der Waals surface area (Å²) in [4.78, 5) is 22.0. The van der Waals surface area contributed by atoms with Crippen LogP contribution in [-0.2, 0) is 4.74 Å². The van der Waals surface area contributed by atoms with Crippen molar-refractivity contribution < 1.29 is 19.2 Å². The van der Waals surface area contributed by atoms with Crippen LogP contribution in [0.5, 0.6) is 5.75 Å². The number of nitrogens with two attached hydrogens (primary N) is 1. The number of carbonyl (C=O) groups excluding carboxylic acids is 1. The molecule has 0 fully saturated rings. The van der Waals surface area contributed by atoms with Crippen LogP contribution >= 0.6 is 15.9 Å². The molecule has 7 nitrogen and oxygen atoms in total. The van der Waals surface area contributed by atoms with Crippen LogP contribution in [0.25, 0.3) is 0 Å². The maximum absolute atomic E-state index is 11.8. The van der Waals surface area contributed by atoms with Crippen LogP contribution in [0.1, 0.15) is 10.4 Å².